The van der Waals surface area contributed by atoms with E-state index in [0.29, 0.717) is 28.6 Å². The number of hydrogen-bond acceptors (Lipinski definition) is 7. The SMILES string of the molecule is Cc1cc(C)c2nc(N3C(=O)C(=O)C(=C(O)c4ccncc4)C3c3cccc(OCc4ccccc4)c3)sc2c1. The molecule has 8 heteroatoms. The molecule has 6 rings (SSSR count). The van der Waals surface area contributed by atoms with E-state index in [2.05, 4.69) is 4.98 Å². The van der Waals surface area contributed by atoms with Crippen LogP contribution in [-0.4, -0.2) is 26.8 Å². The summed E-state index contributed by atoms with van der Waals surface area (Å²) < 4.78 is 6.97. The molecule has 198 valence electrons. The van der Waals surface area contributed by atoms with Crippen molar-refractivity contribution in [2.75, 3.05) is 4.90 Å². The summed E-state index contributed by atoms with van der Waals surface area (Å²) in [6, 6.07) is 23.4. The number of aromatic nitrogens is 2. The molecule has 3 heterocycles. The highest BCUT2D eigenvalue weighted by Gasteiger charge is 2.48. The average molecular weight is 548 g/mol. The quantitative estimate of drug-likeness (QED) is 0.148. The summed E-state index contributed by atoms with van der Waals surface area (Å²) >= 11 is 1.34. The van der Waals surface area contributed by atoms with Crippen molar-refractivity contribution in [3.05, 3.63) is 125 Å². The number of aryl methyl sites for hydroxylation is 2. The van der Waals surface area contributed by atoms with E-state index in [9.17, 15) is 14.7 Å². The maximum atomic E-state index is 13.6. The fraction of sp³-hybridized carbons (Fsp3) is 0.125. The minimum absolute atomic E-state index is 0.0106. The molecule has 3 aromatic carbocycles. The van der Waals surface area contributed by atoms with Crippen molar-refractivity contribution in [1.29, 1.82) is 0 Å². The van der Waals surface area contributed by atoms with Crippen LogP contribution < -0.4 is 9.64 Å². The van der Waals surface area contributed by atoms with Crippen LogP contribution in [0.4, 0.5) is 5.13 Å². The van der Waals surface area contributed by atoms with E-state index >= 15 is 0 Å². The molecule has 1 amide bonds. The highest BCUT2D eigenvalue weighted by Crippen LogP contribution is 2.45. The number of hydrogen-bond donors (Lipinski definition) is 1. The molecular weight excluding hydrogens is 522 g/mol. The molecule has 1 aliphatic rings. The van der Waals surface area contributed by atoms with Crippen molar-refractivity contribution in [2.45, 2.75) is 26.5 Å². The number of carbonyl (C=O) groups is 2. The number of nitrogens with zero attached hydrogens (tertiary/aromatic N) is 3. The smallest absolute Gasteiger partial charge is 0.301 e. The lowest BCUT2D eigenvalue weighted by atomic mass is 9.95. The molecule has 1 N–H and O–H groups in total. The topological polar surface area (TPSA) is 92.6 Å². The molecule has 2 aromatic heterocycles. The van der Waals surface area contributed by atoms with Crippen LogP contribution in [0, 0.1) is 13.8 Å². The zero-order valence-electron chi connectivity index (χ0n) is 21.9. The van der Waals surface area contributed by atoms with Crippen LogP contribution in [0.3, 0.4) is 0 Å². The van der Waals surface area contributed by atoms with E-state index < -0.39 is 17.7 Å². The summed E-state index contributed by atoms with van der Waals surface area (Å²) in [7, 11) is 0. The fourth-order valence-electron chi connectivity index (χ4n) is 4.99. The van der Waals surface area contributed by atoms with Gasteiger partial charge in [-0.3, -0.25) is 19.5 Å². The molecule has 1 atom stereocenters. The Kier molecular flexibility index (Phi) is 6.61. The number of fused-ring (bicyclic) bond motifs is 1. The average Bonchev–Trinajstić information content (AvgIpc) is 3.51. The number of Topliss-reactive ketones (excluding diaryl/α,β-unsaturated/α-hetero) is 1. The number of carbonyl (C=O) groups excluding carboxylic acids is 2. The number of amides is 1. The van der Waals surface area contributed by atoms with Crippen LogP contribution in [0.5, 0.6) is 5.75 Å². The predicted molar refractivity (Wildman–Crippen MR) is 155 cm³/mol. The van der Waals surface area contributed by atoms with Gasteiger partial charge in [0, 0.05) is 18.0 Å². The number of aliphatic hydroxyl groups excluding tert-OH is 1. The Bertz CT molecular complexity index is 1780. The lowest BCUT2D eigenvalue weighted by molar-refractivity contribution is -0.132. The van der Waals surface area contributed by atoms with Crippen molar-refractivity contribution < 1.29 is 19.4 Å². The van der Waals surface area contributed by atoms with Gasteiger partial charge in [-0.1, -0.05) is 59.9 Å². The van der Waals surface area contributed by atoms with Crippen LogP contribution in [0.1, 0.15) is 33.9 Å². The molecular formula is C32H25N3O4S. The van der Waals surface area contributed by atoms with Gasteiger partial charge >= 0.3 is 5.91 Å². The number of rotatable bonds is 6. The summed E-state index contributed by atoms with van der Waals surface area (Å²) in [6.45, 7) is 4.34. The van der Waals surface area contributed by atoms with E-state index in [1.54, 1.807) is 18.2 Å². The van der Waals surface area contributed by atoms with Crippen molar-refractivity contribution in [2.24, 2.45) is 0 Å². The normalized spacial score (nSPS) is 16.6. The number of aliphatic hydroxyl groups is 1. The number of ketones is 1. The maximum Gasteiger partial charge on any atom is 0.301 e. The van der Waals surface area contributed by atoms with Gasteiger partial charge < -0.3 is 9.84 Å². The maximum absolute atomic E-state index is 13.6. The number of thiazole rings is 1. The van der Waals surface area contributed by atoms with Gasteiger partial charge in [0.1, 0.15) is 18.1 Å². The van der Waals surface area contributed by atoms with Crippen LogP contribution >= 0.6 is 11.3 Å². The first-order chi connectivity index (χ1) is 19.4. The summed E-state index contributed by atoms with van der Waals surface area (Å²) in [5.74, 6) is -1.21. The zero-order valence-corrected chi connectivity index (χ0v) is 22.7. The number of anilines is 1. The Morgan fingerprint density at radius 1 is 0.975 bits per heavy atom. The standard InChI is InChI=1S/C32H25N3O4S/c1-19-15-20(2)27-25(16-19)40-32(34-27)35-28(26(30(37)31(35)38)29(36)22-11-13-33-14-12-22)23-9-6-10-24(17-23)39-18-21-7-4-3-5-8-21/h3-17,28,36H,18H2,1-2H3. The van der Waals surface area contributed by atoms with Crippen LogP contribution in [0.15, 0.2) is 96.8 Å². The molecule has 1 unspecified atom stereocenters. The monoisotopic (exact) mass is 547 g/mol. The van der Waals surface area contributed by atoms with Crippen molar-refractivity contribution in [1.82, 2.24) is 9.97 Å². The predicted octanol–water partition coefficient (Wildman–Crippen LogP) is 6.51. The lowest BCUT2D eigenvalue weighted by Crippen LogP contribution is -2.29. The second kappa shape index (κ2) is 10.4. The molecule has 0 bridgehead atoms. The lowest BCUT2D eigenvalue weighted by Gasteiger charge is -2.23. The Morgan fingerprint density at radius 2 is 1.75 bits per heavy atom. The Morgan fingerprint density at radius 3 is 2.52 bits per heavy atom. The largest absolute Gasteiger partial charge is 0.507 e. The first-order valence-corrected chi connectivity index (χ1v) is 13.6. The van der Waals surface area contributed by atoms with Crippen molar-refractivity contribution in [3.63, 3.8) is 0 Å². The van der Waals surface area contributed by atoms with Crippen LogP contribution in [-0.2, 0) is 16.2 Å². The van der Waals surface area contributed by atoms with Crippen LogP contribution in [0.25, 0.3) is 16.0 Å². The molecule has 7 nitrogen and oxygen atoms in total. The van der Waals surface area contributed by atoms with Crippen LogP contribution in [0.2, 0.25) is 0 Å². The summed E-state index contributed by atoms with van der Waals surface area (Å²) in [4.78, 5) is 37.3. The highest BCUT2D eigenvalue weighted by atomic mass is 32.1. The van der Waals surface area contributed by atoms with Crippen molar-refractivity contribution in [3.8, 4) is 5.75 Å². The first kappa shape index (κ1) is 25.5. The Labute approximate surface area is 235 Å². The molecule has 40 heavy (non-hydrogen) atoms. The van der Waals surface area contributed by atoms with Crippen molar-refractivity contribution >= 4 is 44.1 Å². The molecule has 1 fully saturated rings. The van der Waals surface area contributed by atoms with Gasteiger partial charge in [-0.25, -0.2) is 4.98 Å². The first-order valence-electron chi connectivity index (χ1n) is 12.8. The molecule has 1 aliphatic heterocycles. The molecule has 5 aromatic rings. The number of pyridine rings is 1. The van der Waals surface area contributed by atoms with Gasteiger partial charge in [-0.05, 0) is 66.4 Å². The minimum atomic E-state index is -0.907. The fourth-order valence-corrected chi connectivity index (χ4v) is 6.16. The Hall–Kier alpha value is -4.82. The number of ether oxygens (including phenoxy) is 1. The molecule has 0 aliphatic carbocycles. The van der Waals surface area contributed by atoms with Gasteiger partial charge in [-0.15, -0.1) is 0 Å². The minimum Gasteiger partial charge on any atom is -0.507 e. The van der Waals surface area contributed by atoms with E-state index in [0.717, 1.165) is 26.9 Å². The van der Waals surface area contributed by atoms with Gasteiger partial charge in [0.25, 0.3) is 5.78 Å². The molecule has 0 radical (unpaired) electrons. The molecule has 0 spiro atoms. The second-order valence-corrected chi connectivity index (χ2v) is 10.7. The second-order valence-electron chi connectivity index (χ2n) is 9.68. The third-order valence-electron chi connectivity index (χ3n) is 6.84. The van der Waals surface area contributed by atoms with Gasteiger partial charge in [0.2, 0.25) is 0 Å². The molecule has 1 saturated heterocycles. The van der Waals surface area contributed by atoms with E-state index in [1.165, 1.54) is 28.6 Å². The number of benzene rings is 3. The third-order valence-corrected chi connectivity index (χ3v) is 7.85. The zero-order chi connectivity index (χ0) is 27.8. The Balaban J connectivity index is 1.48. The molecule has 0 saturated carbocycles. The van der Waals surface area contributed by atoms with E-state index in [-0.39, 0.29) is 11.3 Å². The van der Waals surface area contributed by atoms with Gasteiger partial charge in [-0.2, -0.15) is 0 Å². The van der Waals surface area contributed by atoms with E-state index in [4.69, 9.17) is 9.72 Å². The van der Waals surface area contributed by atoms with Gasteiger partial charge in [0.05, 0.1) is 21.8 Å². The third kappa shape index (κ3) is 4.63. The highest BCUT2D eigenvalue weighted by molar-refractivity contribution is 7.22. The summed E-state index contributed by atoms with van der Waals surface area (Å²) in [5, 5.41) is 11.7. The van der Waals surface area contributed by atoms with Gasteiger partial charge in [0.15, 0.2) is 5.13 Å². The van der Waals surface area contributed by atoms with E-state index in [1.807, 2.05) is 74.5 Å². The summed E-state index contributed by atoms with van der Waals surface area (Å²) in [6.07, 6.45) is 3.05. The summed E-state index contributed by atoms with van der Waals surface area (Å²) in [5.41, 5.74) is 4.86.